The van der Waals surface area contributed by atoms with Gasteiger partial charge in [-0.25, -0.2) is 4.98 Å². The van der Waals surface area contributed by atoms with Crippen LogP contribution in [0.4, 0.5) is 0 Å². The number of hydrogen-bond donors (Lipinski definition) is 1. The molecule has 4 nitrogen and oxygen atoms in total. The third-order valence-electron chi connectivity index (χ3n) is 3.45. The number of nitrogens with one attached hydrogen (secondary N) is 1. The Kier molecular flexibility index (Phi) is 5.34. The summed E-state index contributed by atoms with van der Waals surface area (Å²) in [4.78, 5) is 20.0. The standard InChI is InChI=1S/C14H23N3OS/c1-3-7-15-12-6-5-8-17(14(12)18)10-13-16-9-11(4-2)19-13/h9,12,15H,3-8,10H2,1-2H3. The first-order chi connectivity index (χ1) is 9.24. The minimum atomic E-state index is 0.0132. The molecule has 19 heavy (non-hydrogen) atoms. The second-order valence-corrected chi connectivity index (χ2v) is 6.18. The summed E-state index contributed by atoms with van der Waals surface area (Å²) < 4.78 is 0. The first-order valence-corrected chi connectivity index (χ1v) is 8.02. The lowest BCUT2D eigenvalue weighted by molar-refractivity contribution is -0.136. The Morgan fingerprint density at radius 2 is 2.37 bits per heavy atom. The topological polar surface area (TPSA) is 45.2 Å². The number of piperidine rings is 1. The Morgan fingerprint density at radius 1 is 1.53 bits per heavy atom. The van der Waals surface area contributed by atoms with Crippen LogP contribution in [0.5, 0.6) is 0 Å². The fourth-order valence-electron chi connectivity index (χ4n) is 2.35. The van der Waals surface area contributed by atoms with Gasteiger partial charge in [0.05, 0.1) is 12.6 Å². The highest BCUT2D eigenvalue weighted by Gasteiger charge is 2.28. The third kappa shape index (κ3) is 3.76. The van der Waals surface area contributed by atoms with Gasteiger partial charge in [-0.1, -0.05) is 13.8 Å². The predicted molar refractivity (Wildman–Crippen MR) is 78.2 cm³/mol. The molecule has 1 atom stereocenters. The zero-order valence-corrected chi connectivity index (χ0v) is 12.6. The normalized spacial score (nSPS) is 20.0. The molecule has 2 heterocycles. The maximum absolute atomic E-state index is 12.4. The summed E-state index contributed by atoms with van der Waals surface area (Å²) >= 11 is 1.72. The highest BCUT2D eigenvalue weighted by molar-refractivity contribution is 7.11. The highest BCUT2D eigenvalue weighted by atomic mass is 32.1. The van der Waals surface area contributed by atoms with E-state index in [4.69, 9.17) is 0 Å². The quantitative estimate of drug-likeness (QED) is 0.869. The molecule has 0 saturated carbocycles. The van der Waals surface area contributed by atoms with Crippen molar-refractivity contribution in [2.24, 2.45) is 0 Å². The van der Waals surface area contributed by atoms with Crippen LogP contribution in [0.2, 0.25) is 0 Å². The van der Waals surface area contributed by atoms with Gasteiger partial charge in [-0.15, -0.1) is 11.3 Å². The van der Waals surface area contributed by atoms with E-state index < -0.39 is 0 Å². The average Bonchev–Trinajstić information content (AvgIpc) is 2.87. The van der Waals surface area contributed by atoms with Gasteiger partial charge in [-0.2, -0.15) is 0 Å². The number of amides is 1. The summed E-state index contributed by atoms with van der Waals surface area (Å²) in [6.07, 6.45) is 6.07. The van der Waals surface area contributed by atoms with E-state index in [1.54, 1.807) is 11.3 Å². The fourth-order valence-corrected chi connectivity index (χ4v) is 3.23. The molecule has 0 aliphatic carbocycles. The Labute approximate surface area is 119 Å². The minimum Gasteiger partial charge on any atom is -0.335 e. The molecule has 1 aliphatic heterocycles. The van der Waals surface area contributed by atoms with E-state index in [1.165, 1.54) is 4.88 Å². The molecule has 0 spiro atoms. The van der Waals surface area contributed by atoms with Gasteiger partial charge in [0, 0.05) is 17.6 Å². The van der Waals surface area contributed by atoms with E-state index in [0.717, 1.165) is 43.8 Å². The van der Waals surface area contributed by atoms with Gasteiger partial charge >= 0.3 is 0 Å². The maximum Gasteiger partial charge on any atom is 0.240 e. The molecule has 1 saturated heterocycles. The molecule has 1 amide bonds. The van der Waals surface area contributed by atoms with Crippen LogP contribution in [-0.4, -0.2) is 34.9 Å². The summed E-state index contributed by atoms with van der Waals surface area (Å²) in [6, 6.07) is 0.0132. The molecule has 5 heteroatoms. The molecule has 1 N–H and O–H groups in total. The van der Waals surface area contributed by atoms with Gasteiger partial charge in [0.1, 0.15) is 5.01 Å². The number of aromatic nitrogens is 1. The minimum absolute atomic E-state index is 0.0132. The van der Waals surface area contributed by atoms with Gasteiger partial charge in [0.15, 0.2) is 0 Å². The van der Waals surface area contributed by atoms with Crippen LogP contribution in [0, 0.1) is 0 Å². The zero-order valence-electron chi connectivity index (χ0n) is 11.8. The molecule has 1 aliphatic rings. The number of nitrogens with zero attached hydrogens (tertiary/aromatic N) is 2. The van der Waals surface area contributed by atoms with Crippen LogP contribution < -0.4 is 5.32 Å². The number of hydrogen-bond acceptors (Lipinski definition) is 4. The highest BCUT2D eigenvalue weighted by Crippen LogP contribution is 2.19. The number of aryl methyl sites for hydroxylation is 1. The Bertz CT molecular complexity index is 419. The van der Waals surface area contributed by atoms with Crippen LogP contribution in [-0.2, 0) is 17.8 Å². The lowest BCUT2D eigenvalue weighted by Crippen LogP contribution is -2.50. The maximum atomic E-state index is 12.4. The molecule has 1 fully saturated rings. The van der Waals surface area contributed by atoms with Crippen molar-refractivity contribution < 1.29 is 4.79 Å². The molecule has 0 aromatic carbocycles. The van der Waals surface area contributed by atoms with Crippen LogP contribution in [0.3, 0.4) is 0 Å². The van der Waals surface area contributed by atoms with E-state index in [0.29, 0.717) is 6.54 Å². The SMILES string of the molecule is CCCNC1CCCN(Cc2ncc(CC)s2)C1=O. The van der Waals surface area contributed by atoms with E-state index in [2.05, 4.69) is 24.1 Å². The summed E-state index contributed by atoms with van der Waals surface area (Å²) in [5, 5.41) is 4.40. The van der Waals surface area contributed by atoms with Crippen molar-refractivity contribution in [3.63, 3.8) is 0 Å². The molecule has 1 aromatic heterocycles. The number of carbonyl (C=O) groups excluding carboxylic acids is 1. The van der Waals surface area contributed by atoms with Crippen molar-refractivity contribution in [3.8, 4) is 0 Å². The molecule has 2 rings (SSSR count). The lowest BCUT2D eigenvalue weighted by Gasteiger charge is -2.32. The first-order valence-electron chi connectivity index (χ1n) is 7.20. The number of thiazole rings is 1. The lowest BCUT2D eigenvalue weighted by atomic mass is 10.0. The van der Waals surface area contributed by atoms with Gasteiger partial charge < -0.3 is 10.2 Å². The summed E-state index contributed by atoms with van der Waals surface area (Å²) in [6.45, 7) is 6.72. The van der Waals surface area contributed by atoms with Gasteiger partial charge in [0.25, 0.3) is 0 Å². The summed E-state index contributed by atoms with van der Waals surface area (Å²) in [5.41, 5.74) is 0. The van der Waals surface area contributed by atoms with Crippen LogP contribution in [0.15, 0.2) is 6.20 Å². The number of rotatable bonds is 6. The predicted octanol–water partition coefficient (Wildman–Crippen LogP) is 2.20. The Hall–Kier alpha value is -0.940. The van der Waals surface area contributed by atoms with E-state index in [1.807, 2.05) is 11.1 Å². The van der Waals surface area contributed by atoms with Crippen molar-refractivity contribution in [2.75, 3.05) is 13.1 Å². The second-order valence-electron chi connectivity index (χ2n) is 4.98. The summed E-state index contributed by atoms with van der Waals surface area (Å²) in [5.74, 6) is 0.243. The smallest absolute Gasteiger partial charge is 0.240 e. The molecular formula is C14H23N3OS. The van der Waals surface area contributed by atoms with Crippen LogP contribution in [0.1, 0.15) is 43.0 Å². The summed E-state index contributed by atoms with van der Waals surface area (Å²) in [7, 11) is 0. The van der Waals surface area contributed by atoms with Crippen molar-refractivity contribution in [2.45, 2.75) is 52.1 Å². The number of likely N-dealkylation sites (tertiary alicyclic amines) is 1. The van der Waals surface area contributed by atoms with E-state index in [-0.39, 0.29) is 11.9 Å². The number of carbonyl (C=O) groups is 1. The van der Waals surface area contributed by atoms with Crippen molar-refractivity contribution in [3.05, 3.63) is 16.1 Å². The second kappa shape index (κ2) is 7.01. The average molecular weight is 281 g/mol. The molecule has 106 valence electrons. The Morgan fingerprint density at radius 3 is 3.05 bits per heavy atom. The van der Waals surface area contributed by atoms with Crippen LogP contribution in [0.25, 0.3) is 0 Å². The monoisotopic (exact) mass is 281 g/mol. The van der Waals surface area contributed by atoms with Crippen molar-refractivity contribution >= 4 is 17.2 Å². The third-order valence-corrected chi connectivity index (χ3v) is 4.57. The van der Waals surface area contributed by atoms with E-state index >= 15 is 0 Å². The Balaban J connectivity index is 1.93. The zero-order chi connectivity index (χ0) is 13.7. The van der Waals surface area contributed by atoms with E-state index in [9.17, 15) is 4.79 Å². The fraction of sp³-hybridized carbons (Fsp3) is 0.714. The van der Waals surface area contributed by atoms with Crippen molar-refractivity contribution in [1.82, 2.24) is 15.2 Å². The van der Waals surface area contributed by atoms with Gasteiger partial charge in [-0.05, 0) is 32.2 Å². The van der Waals surface area contributed by atoms with Crippen molar-refractivity contribution in [1.29, 1.82) is 0 Å². The van der Waals surface area contributed by atoms with Gasteiger partial charge in [0.2, 0.25) is 5.91 Å². The molecule has 0 bridgehead atoms. The first kappa shape index (κ1) is 14.5. The largest absolute Gasteiger partial charge is 0.335 e. The van der Waals surface area contributed by atoms with Gasteiger partial charge in [-0.3, -0.25) is 4.79 Å². The molecule has 0 radical (unpaired) electrons. The molecule has 1 aromatic rings. The molecule has 1 unspecified atom stereocenters. The van der Waals surface area contributed by atoms with Crippen LogP contribution >= 0.6 is 11.3 Å². The molecular weight excluding hydrogens is 258 g/mol.